The summed E-state index contributed by atoms with van der Waals surface area (Å²) in [5.74, 6) is 1.81. The molecule has 0 amide bonds. The second kappa shape index (κ2) is 10.5. The molecule has 0 spiro atoms. The van der Waals surface area contributed by atoms with Crippen LogP contribution < -0.4 is 16.0 Å². The third kappa shape index (κ3) is 4.94. The molecule has 1 atom stereocenters. The first-order valence-electron chi connectivity index (χ1n) is 12.7. The molecule has 0 saturated heterocycles. The van der Waals surface area contributed by atoms with Crippen molar-refractivity contribution in [1.82, 2.24) is 14.6 Å². The van der Waals surface area contributed by atoms with Crippen molar-refractivity contribution in [3.63, 3.8) is 0 Å². The lowest BCUT2D eigenvalue weighted by atomic mass is 10.0. The topological polar surface area (TPSA) is 110 Å². The van der Waals surface area contributed by atoms with Crippen LogP contribution in [-0.4, -0.2) is 46.5 Å². The first-order chi connectivity index (χ1) is 18.0. The van der Waals surface area contributed by atoms with E-state index in [0.29, 0.717) is 53.9 Å². The summed E-state index contributed by atoms with van der Waals surface area (Å²) >= 11 is 0. The van der Waals surface area contributed by atoms with Crippen LogP contribution in [0.2, 0.25) is 0 Å². The van der Waals surface area contributed by atoms with Crippen LogP contribution in [0.1, 0.15) is 54.4 Å². The van der Waals surface area contributed by atoms with Gasteiger partial charge in [-0.1, -0.05) is 13.0 Å². The molecule has 192 valence electrons. The van der Waals surface area contributed by atoms with Gasteiger partial charge in [0.25, 0.3) is 0 Å². The zero-order valence-corrected chi connectivity index (χ0v) is 21.6. The number of ether oxygens (including phenoxy) is 1. The van der Waals surface area contributed by atoms with Crippen molar-refractivity contribution in [2.45, 2.75) is 39.5 Å². The van der Waals surface area contributed by atoms with Gasteiger partial charge in [-0.3, -0.25) is 9.79 Å². The molecule has 0 radical (unpaired) electrons. The van der Waals surface area contributed by atoms with Crippen LogP contribution in [0.15, 0.2) is 59.6 Å². The highest BCUT2D eigenvalue weighted by molar-refractivity contribution is 6.19. The third-order valence-corrected chi connectivity index (χ3v) is 6.80. The lowest BCUT2D eigenvalue weighted by Crippen LogP contribution is -2.27. The molecule has 2 bridgehead atoms. The number of carbonyl (C=O) groups excluding carboxylic acids is 1. The van der Waals surface area contributed by atoms with E-state index in [1.54, 1.807) is 29.9 Å². The minimum absolute atomic E-state index is 0.0512. The fraction of sp³-hybridized carbons (Fsp3) is 0.357. The van der Waals surface area contributed by atoms with Crippen LogP contribution in [0, 0.1) is 12.8 Å². The zero-order chi connectivity index (χ0) is 25.9. The van der Waals surface area contributed by atoms with Gasteiger partial charge in [-0.25, -0.2) is 9.50 Å². The van der Waals surface area contributed by atoms with Crippen LogP contribution in [0.4, 0.5) is 11.4 Å². The number of allylic oxidation sites excluding steroid dienone is 1. The summed E-state index contributed by atoms with van der Waals surface area (Å²) in [5, 5.41) is 7.93. The summed E-state index contributed by atoms with van der Waals surface area (Å²) in [6.07, 6.45) is 8.00. The van der Waals surface area contributed by atoms with Crippen molar-refractivity contribution in [2.75, 3.05) is 30.4 Å². The fourth-order valence-electron chi connectivity index (χ4n) is 4.91. The number of aliphatic imine (C=N–C) groups is 1. The smallest absolute Gasteiger partial charge is 0.219 e. The number of nitrogens with one attached hydrogen (secondary N) is 1. The van der Waals surface area contributed by atoms with Gasteiger partial charge in [0.1, 0.15) is 11.5 Å². The van der Waals surface area contributed by atoms with E-state index in [4.69, 9.17) is 10.5 Å². The predicted molar refractivity (Wildman–Crippen MR) is 147 cm³/mol. The molecule has 2 aliphatic heterocycles. The number of anilines is 2. The van der Waals surface area contributed by atoms with Gasteiger partial charge >= 0.3 is 0 Å². The predicted octanol–water partition coefficient (Wildman–Crippen LogP) is 4.55. The van der Waals surface area contributed by atoms with E-state index in [1.807, 2.05) is 0 Å². The van der Waals surface area contributed by atoms with Crippen molar-refractivity contribution >= 4 is 34.3 Å². The summed E-state index contributed by atoms with van der Waals surface area (Å²) < 4.78 is 7.75. The molecule has 3 aromatic rings. The van der Waals surface area contributed by atoms with E-state index in [2.05, 4.69) is 63.4 Å². The Morgan fingerprint density at radius 3 is 2.95 bits per heavy atom. The highest BCUT2D eigenvalue weighted by Crippen LogP contribution is 2.38. The first kappa shape index (κ1) is 24.5. The van der Waals surface area contributed by atoms with Crippen molar-refractivity contribution in [2.24, 2.45) is 16.6 Å². The number of hydrogen-bond donors (Lipinski definition) is 2. The molecule has 37 heavy (non-hydrogen) atoms. The third-order valence-electron chi connectivity index (χ3n) is 6.80. The number of rotatable bonds is 0. The summed E-state index contributed by atoms with van der Waals surface area (Å²) in [7, 11) is 1.67. The monoisotopic (exact) mass is 499 g/mol. The van der Waals surface area contributed by atoms with Gasteiger partial charge in [0.15, 0.2) is 11.4 Å². The maximum Gasteiger partial charge on any atom is 0.219 e. The number of nitrogens with two attached hydrogens (primary N) is 1. The summed E-state index contributed by atoms with van der Waals surface area (Å²) in [6, 6.07) is 9.94. The number of carbonyl (C=O) groups is 1. The molecule has 9 nitrogen and oxygen atoms in total. The first-order valence-corrected chi connectivity index (χ1v) is 12.7. The Labute approximate surface area is 216 Å². The van der Waals surface area contributed by atoms with E-state index in [9.17, 15) is 4.79 Å². The average Bonchev–Trinajstić information content (AvgIpc) is 3.50. The number of hydrogen-bond acceptors (Lipinski definition) is 8. The van der Waals surface area contributed by atoms with E-state index in [1.165, 1.54) is 17.5 Å². The van der Waals surface area contributed by atoms with Gasteiger partial charge < -0.3 is 20.7 Å². The minimum atomic E-state index is -0.0512. The number of nitrogens with zero attached hydrogens (tertiary/aromatic N) is 5. The maximum atomic E-state index is 13.3. The van der Waals surface area contributed by atoms with Gasteiger partial charge in [-0.15, -0.1) is 0 Å². The molecule has 0 fully saturated rings. The van der Waals surface area contributed by atoms with E-state index in [0.717, 1.165) is 30.9 Å². The quantitative estimate of drug-likeness (QED) is 0.467. The molecule has 4 heterocycles. The molecule has 5 rings (SSSR count). The van der Waals surface area contributed by atoms with E-state index < -0.39 is 0 Å². The number of Topliss-reactive ketones (excluding diaryl/α,β-unsaturated/α-hetero) is 1. The molecule has 0 saturated carbocycles. The largest absolute Gasteiger partial charge is 0.477 e. The van der Waals surface area contributed by atoms with Crippen LogP contribution >= 0.6 is 0 Å². The van der Waals surface area contributed by atoms with Gasteiger partial charge in [-0.05, 0) is 61.9 Å². The highest BCUT2D eigenvalue weighted by atomic mass is 16.5. The van der Waals surface area contributed by atoms with Crippen molar-refractivity contribution in [3.8, 4) is 0 Å². The summed E-state index contributed by atoms with van der Waals surface area (Å²) in [5.41, 5.74) is 11.6. The summed E-state index contributed by atoms with van der Waals surface area (Å²) in [6.45, 7) is 5.74. The molecule has 0 aliphatic carbocycles. The Morgan fingerprint density at radius 2 is 2.14 bits per heavy atom. The van der Waals surface area contributed by atoms with Crippen LogP contribution in [-0.2, 0) is 4.74 Å². The normalized spacial score (nSPS) is 22.7. The molecule has 2 aromatic heterocycles. The Hall–Kier alpha value is -4.14. The number of aromatic nitrogens is 3. The van der Waals surface area contributed by atoms with Crippen molar-refractivity contribution in [3.05, 3.63) is 71.6 Å². The van der Waals surface area contributed by atoms with Crippen LogP contribution in [0.5, 0.6) is 0 Å². The van der Waals surface area contributed by atoms with Crippen molar-refractivity contribution in [1.29, 1.82) is 0 Å². The fourth-order valence-corrected chi connectivity index (χ4v) is 4.91. The summed E-state index contributed by atoms with van der Waals surface area (Å²) in [4.78, 5) is 24.5. The number of benzene rings is 1. The van der Waals surface area contributed by atoms with Crippen LogP contribution in [0.3, 0.4) is 0 Å². The molecule has 1 aromatic carbocycles. The average molecular weight is 500 g/mol. The van der Waals surface area contributed by atoms with Gasteiger partial charge in [0.05, 0.1) is 35.4 Å². The number of aryl methyl sites for hydroxylation is 1. The van der Waals surface area contributed by atoms with Gasteiger partial charge in [0, 0.05) is 32.3 Å². The van der Waals surface area contributed by atoms with Crippen LogP contribution in [0.25, 0.3) is 11.2 Å². The SMILES string of the molecule is CN=C1OCCC[C@@H](C)CN2/C(=C/CCC(=O)c3cc(n4nccc4n3)C1=CN)Nc1ccc(C)cc12. The molecule has 0 unspecified atom stereocenters. The van der Waals surface area contributed by atoms with Crippen molar-refractivity contribution < 1.29 is 9.53 Å². The second-order valence-corrected chi connectivity index (χ2v) is 9.64. The molecule has 2 aliphatic rings. The van der Waals surface area contributed by atoms with Gasteiger partial charge in [0.2, 0.25) is 5.90 Å². The zero-order valence-electron chi connectivity index (χ0n) is 21.6. The Balaban J connectivity index is 1.51. The highest BCUT2D eigenvalue weighted by Gasteiger charge is 2.26. The Bertz CT molecular complexity index is 1420. The van der Waals surface area contributed by atoms with E-state index >= 15 is 0 Å². The number of ketones is 1. The second-order valence-electron chi connectivity index (χ2n) is 9.64. The molecular weight excluding hydrogens is 466 g/mol. The van der Waals surface area contributed by atoms with Gasteiger partial charge in [-0.2, -0.15) is 5.10 Å². The number of fused-ring (bicyclic) bond motifs is 7. The Morgan fingerprint density at radius 1 is 1.27 bits per heavy atom. The minimum Gasteiger partial charge on any atom is -0.477 e. The Kier molecular flexibility index (Phi) is 6.94. The molecule has 3 N–H and O–H groups in total. The standard InChI is InChI=1S/C28H33N7O2/c1-18-9-10-21-24(14-18)34-17-19(2)6-5-13-37-28(30-3)20(16-29)23-15-22(33-27-11-12-31-35(23)27)25(36)7-4-8-26(34)32-21/h8-12,14-16,19,32H,4-7,13,17,29H2,1-3H3/b20-16?,26-8+,30-28?/t19-/m1/s1. The lowest BCUT2D eigenvalue weighted by Gasteiger charge is -2.24. The lowest BCUT2D eigenvalue weighted by molar-refractivity contribution is 0.0979. The molecule has 9 heteroatoms. The maximum absolute atomic E-state index is 13.3. The van der Waals surface area contributed by atoms with E-state index in [-0.39, 0.29) is 5.78 Å². The molecular formula is C28H33N7O2.